The lowest BCUT2D eigenvalue weighted by Gasteiger charge is -2.37. The maximum Gasteiger partial charge on any atom is 0.373 e. The Hall–Kier alpha value is -7.25. The number of methoxy groups -OCH3 is 9. The topological polar surface area (TPSA) is 599 Å². The van der Waals surface area contributed by atoms with Crippen LogP contribution >= 0.6 is 0 Å². The summed E-state index contributed by atoms with van der Waals surface area (Å²) in [5.74, 6) is 5.15. The van der Waals surface area contributed by atoms with Gasteiger partial charge in [-0.2, -0.15) is 19.2 Å². The van der Waals surface area contributed by atoms with E-state index in [1.807, 2.05) is 6.92 Å². The van der Waals surface area contributed by atoms with Crippen LogP contribution in [0.5, 0.6) is 0 Å². The maximum atomic E-state index is 11.7. The molecule has 0 saturated heterocycles. The van der Waals surface area contributed by atoms with Crippen LogP contribution in [-0.2, 0) is 149 Å². The van der Waals surface area contributed by atoms with Gasteiger partial charge in [-0.1, -0.05) is 37.6 Å². The van der Waals surface area contributed by atoms with E-state index in [1.165, 1.54) is 139 Å². The van der Waals surface area contributed by atoms with Crippen LogP contribution in [-0.4, -0.2) is 255 Å². The minimum absolute atomic E-state index is 0. The molecule has 0 radical (unpaired) electrons. The fraction of sp³-hybridized carbons (Fsp3) is 0.824. The van der Waals surface area contributed by atoms with Gasteiger partial charge in [-0.05, 0) is 232 Å². The first-order valence-corrected chi connectivity index (χ1v) is 40.9. The van der Waals surface area contributed by atoms with E-state index in [0.29, 0.717) is 105 Å². The molecule has 21 rings (SSSR count). The number of carbonyl (C=O) groups is 9. The third-order valence-corrected chi connectivity index (χ3v) is 27.6. The number of fused-ring (bicyclic) bond motifs is 7. The Balaban J connectivity index is 0.00000137. The van der Waals surface area contributed by atoms with E-state index in [0.717, 1.165) is 83.3 Å². The summed E-state index contributed by atoms with van der Waals surface area (Å²) >= 11 is 0. The van der Waals surface area contributed by atoms with E-state index < -0.39 is 45.2 Å². The predicted molar refractivity (Wildman–Crippen MR) is 439 cm³/mol. The Morgan fingerprint density at radius 2 is 0.800 bits per heavy atom. The highest BCUT2D eigenvalue weighted by atomic mass is 17.5. The molecule has 0 heterocycles. The van der Waals surface area contributed by atoms with Gasteiger partial charge in [0.15, 0.2) is 0 Å². The van der Waals surface area contributed by atoms with Crippen molar-refractivity contribution < 1.29 is 170 Å². The molecule has 722 valence electrons. The van der Waals surface area contributed by atoms with Gasteiger partial charge in [-0.15, -0.1) is 6.58 Å². The number of nitrogens with two attached hydrogens (primary N) is 5. The van der Waals surface area contributed by atoms with Gasteiger partial charge < -0.3 is 91.7 Å². The Bertz CT molecular complexity index is 3290. The van der Waals surface area contributed by atoms with Gasteiger partial charge in [-0.25, -0.2) is 39.1 Å². The van der Waals surface area contributed by atoms with Gasteiger partial charge in [0.25, 0.3) is 0 Å². The first kappa shape index (κ1) is 118. The third kappa shape index (κ3) is 28.6. The zero-order valence-corrected chi connectivity index (χ0v) is 76.0. The molecule has 0 amide bonds. The number of allylic oxidation sites excluding steroid dienone is 1. The summed E-state index contributed by atoms with van der Waals surface area (Å²) in [6.07, 6.45) is 21.2. The zero-order chi connectivity index (χ0) is 95.2. The molecule has 0 aromatic carbocycles. The van der Waals surface area contributed by atoms with Crippen molar-refractivity contribution >= 4 is 66.0 Å². The van der Waals surface area contributed by atoms with Gasteiger partial charge in [-0.3, -0.25) is 43.2 Å². The summed E-state index contributed by atoms with van der Waals surface area (Å²) in [5, 5.41) is 33.1. The van der Waals surface area contributed by atoms with E-state index in [1.54, 1.807) is 25.2 Å². The fourth-order valence-electron chi connectivity index (χ4n) is 21.0. The first-order valence-electron chi connectivity index (χ1n) is 40.9. The number of aliphatic hydroxyl groups is 4. The van der Waals surface area contributed by atoms with Crippen molar-refractivity contribution in [3.8, 4) is 0 Å². The SMILES string of the molecule is C.C=CCC(C)(/C=C/COOC)C(=O)OC.CC(O)O.CO.CO.COC(=O)C1(C)CC2CC1C2.COC(=O)C1(N)CC2CC1C2C.COC(=O)C1C2CC1C(C)(C(=O)OC)C2.COC(=O)C1C2CC1C(N)(C(=O)OC)C2.COOCC1C2CC1C(N)(C(=O)OC)C2.COOCC1C2CC1C(N)(C(=O)OC)C2.COOOC.NC1CC2CC1C2.O=C=O.O=C=O. The van der Waals surface area contributed by atoms with Crippen LogP contribution in [0.15, 0.2) is 24.8 Å². The second-order valence-corrected chi connectivity index (χ2v) is 33.9. The van der Waals surface area contributed by atoms with Crippen molar-refractivity contribution in [1.29, 1.82) is 0 Å². The summed E-state index contributed by atoms with van der Waals surface area (Å²) in [6.45, 7) is 14.1. The normalized spacial score (nSPS) is 35.0. The average molecular weight is 1800 g/mol. The second kappa shape index (κ2) is 55.6. The van der Waals surface area contributed by atoms with E-state index in [-0.39, 0.29) is 114 Å². The van der Waals surface area contributed by atoms with Crippen molar-refractivity contribution in [2.75, 3.05) is 134 Å². The summed E-state index contributed by atoms with van der Waals surface area (Å²) in [5.41, 5.74) is 25.4. The molecule has 0 spiro atoms. The van der Waals surface area contributed by atoms with Crippen LogP contribution in [0.3, 0.4) is 0 Å². The highest BCUT2D eigenvalue weighted by molar-refractivity contribution is 5.87. The number of carbonyl (C=O) groups excluding carboxylic acids is 13. The Kier molecular flexibility index (Phi) is 52.4. The standard InChI is InChI=1S/C11H16O4.C11H18O4.2C10H17NO4.C10H15NO4.C9H15NO2.C9H14O2.C6H11N.C2H6O3.C2H6O2.2CO2.2CH4O.CH4/c1-11(10(13)15-3)5-6-4-7(11)8(6)9(12)14-2;1-5-7-11(2,10(12)13-3)8-6-9-15-14-4;2*1-13-9(12)10(11)4-6-3-8(10)7(6)5-15-14-2;1-14-8(12)7-5-3-6(7)10(11,4-5)9(13)15-2;1-5-6-3-7(5)9(10,4-6)8(11)12-2;1-9(8(10)11-2)5-6-3-7(9)4-6;7-6-3-4-1-5(6)2-4;1-3-5-4-2;1-2(3)4;2*2-1-3;2*1-2;/h6-8H,4-5H2,1-3H3;5-6,8H,1,7,9H2,2-4H3;2*6-8H,3-5,11H2,1-2H3;5-7H,3-4,11H2,1-2H3;5-7H,3-4,10H2,1-2H3;6-7H,3-5H2,1-2H3;4-6H,1-3,7H2;1-2H3;2-4H,1H3;;;2*2H,1H3;1H4/b;8-6+;;;;;;;;;;;;;. The molecule has 0 aromatic rings. The Labute approximate surface area is 734 Å². The number of aliphatic hydroxyl groups excluding tert-OH is 3. The summed E-state index contributed by atoms with van der Waals surface area (Å²) in [6, 6.07) is 0.588. The van der Waals surface area contributed by atoms with Crippen LogP contribution in [0.2, 0.25) is 0 Å². The molecule has 0 aliphatic heterocycles. The van der Waals surface area contributed by atoms with Crippen molar-refractivity contribution in [2.45, 2.75) is 186 Å². The molecule has 21 fully saturated rings. The molecule has 21 aliphatic rings. The summed E-state index contributed by atoms with van der Waals surface area (Å²) < 4.78 is 42.7. The van der Waals surface area contributed by atoms with Crippen molar-refractivity contribution in [1.82, 2.24) is 0 Å². The molecule has 14 bridgehead atoms. The molecule has 0 aromatic heterocycles. The fourth-order valence-corrected chi connectivity index (χ4v) is 21.0. The number of hydrogen-bond donors (Lipinski definition) is 9. The number of ether oxygens (including phenoxy) is 9. The van der Waals surface area contributed by atoms with E-state index in [4.69, 9.17) is 116 Å². The predicted octanol–water partition coefficient (Wildman–Crippen LogP) is 3.74. The lowest BCUT2D eigenvalue weighted by atomic mass is 9.67. The lowest BCUT2D eigenvalue weighted by Crippen LogP contribution is -2.53. The van der Waals surface area contributed by atoms with Crippen LogP contribution in [0.25, 0.3) is 0 Å². The molecule has 40 nitrogen and oxygen atoms in total. The first-order chi connectivity index (χ1) is 58.5. The average Bonchev–Trinajstić information content (AvgIpc) is 1.55. The number of rotatable bonds is 23. The third-order valence-electron chi connectivity index (χ3n) is 27.6. The smallest absolute Gasteiger partial charge is 0.373 e. The molecule has 23 atom stereocenters. The largest absolute Gasteiger partial charge is 0.469 e. The maximum absolute atomic E-state index is 11.7. The highest BCUT2D eigenvalue weighted by Crippen LogP contribution is 2.65. The molecule has 14 N–H and O–H groups in total. The van der Waals surface area contributed by atoms with Crippen LogP contribution in [0, 0.1) is 129 Å². The van der Waals surface area contributed by atoms with E-state index in [2.05, 4.69) is 59.5 Å². The summed E-state index contributed by atoms with van der Waals surface area (Å²) in [7, 11) is 21.6. The highest BCUT2D eigenvalue weighted by Gasteiger charge is 2.69. The number of hydrogen-bond acceptors (Lipinski definition) is 40. The van der Waals surface area contributed by atoms with Crippen LogP contribution < -0.4 is 28.7 Å². The van der Waals surface area contributed by atoms with Gasteiger partial charge >= 0.3 is 66.0 Å². The van der Waals surface area contributed by atoms with Gasteiger partial charge in [0.05, 0.1) is 141 Å². The Morgan fingerprint density at radius 3 is 1.10 bits per heavy atom. The van der Waals surface area contributed by atoms with Gasteiger partial charge in [0, 0.05) is 26.2 Å². The van der Waals surface area contributed by atoms with Crippen molar-refractivity contribution in [2.24, 2.45) is 157 Å². The van der Waals surface area contributed by atoms with E-state index in [9.17, 15) is 43.2 Å². The summed E-state index contributed by atoms with van der Waals surface area (Å²) in [4.78, 5) is 172. The minimum atomic E-state index is -1.17. The minimum Gasteiger partial charge on any atom is -0.469 e. The second-order valence-electron chi connectivity index (χ2n) is 33.9. The number of esters is 9. The van der Waals surface area contributed by atoms with Crippen molar-refractivity contribution in [3.63, 3.8) is 0 Å². The molecule has 23 unspecified atom stereocenters. The molecule has 40 heteroatoms. The molecule has 125 heavy (non-hydrogen) atoms. The van der Waals surface area contributed by atoms with Crippen LogP contribution in [0.4, 0.5) is 0 Å². The molecule has 21 aliphatic carbocycles. The van der Waals surface area contributed by atoms with Crippen LogP contribution in [0.1, 0.15) is 151 Å². The Morgan fingerprint density at radius 1 is 0.448 bits per heavy atom. The quantitative estimate of drug-likeness (QED) is 0.0134. The molecular weight excluding hydrogens is 1650 g/mol. The molecule has 21 saturated carbocycles. The van der Waals surface area contributed by atoms with Crippen molar-refractivity contribution in [3.05, 3.63) is 24.8 Å². The monoisotopic (exact) mass is 1800 g/mol. The molecular formula is C85H147N5O35. The van der Waals surface area contributed by atoms with Gasteiger partial charge in [0.1, 0.15) is 35.1 Å². The zero-order valence-electron chi connectivity index (χ0n) is 76.0. The van der Waals surface area contributed by atoms with E-state index >= 15 is 0 Å². The van der Waals surface area contributed by atoms with Gasteiger partial charge in [0.2, 0.25) is 0 Å². The lowest BCUT2D eigenvalue weighted by molar-refractivity contribution is -0.491.